The van der Waals surface area contributed by atoms with Gasteiger partial charge in [-0.05, 0) is 36.4 Å². The van der Waals surface area contributed by atoms with Gasteiger partial charge in [-0.1, -0.05) is 42.1 Å². The number of benzene rings is 2. The summed E-state index contributed by atoms with van der Waals surface area (Å²) in [6, 6.07) is 12.6. The van der Waals surface area contributed by atoms with Crippen molar-refractivity contribution in [1.29, 1.82) is 0 Å². The average molecular weight is 443 g/mol. The Morgan fingerprint density at radius 1 is 1.06 bits per heavy atom. The van der Waals surface area contributed by atoms with Crippen molar-refractivity contribution in [3.63, 3.8) is 0 Å². The fraction of sp³-hybridized carbons (Fsp3) is 0.304. The highest BCUT2D eigenvalue weighted by Gasteiger charge is 2.33. The van der Waals surface area contributed by atoms with Gasteiger partial charge in [0.05, 0.1) is 39.2 Å². The summed E-state index contributed by atoms with van der Waals surface area (Å²) in [4.78, 5) is 17.9. The molecule has 2 aromatic carbocycles. The largest absolute Gasteiger partial charge is 0.493 e. The second-order valence-electron chi connectivity index (χ2n) is 6.50. The van der Waals surface area contributed by atoms with Gasteiger partial charge in [-0.25, -0.2) is 9.79 Å². The van der Waals surface area contributed by atoms with E-state index in [1.54, 1.807) is 40.4 Å². The Labute approximate surface area is 186 Å². The molecule has 1 N–H and O–H groups in total. The maximum absolute atomic E-state index is 13.1. The Morgan fingerprint density at radius 2 is 1.71 bits per heavy atom. The van der Waals surface area contributed by atoms with Gasteiger partial charge in [-0.2, -0.15) is 0 Å². The van der Waals surface area contributed by atoms with Crippen molar-refractivity contribution < 1.29 is 23.7 Å². The minimum absolute atomic E-state index is 0.255. The van der Waals surface area contributed by atoms with Gasteiger partial charge in [0.25, 0.3) is 0 Å². The first-order valence-electron chi connectivity index (χ1n) is 9.73. The zero-order chi connectivity index (χ0) is 22.4. The van der Waals surface area contributed by atoms with Gasteiger partial charge in [0.1, 0.15) is 6.04 Å². The van der Waals surface area contributed by atoms with Gasteiger partial charge < -0.3 is 24.3 Å². The molecule has 1 aliphatic heterocycles. The van der Waals surface area contributed by atoms with E-state index < -0.39 is 12.0 Å². The minimum Gasteiger partial charge on any atom is -0.493 e. The van der Waals surface area contributed by atoms with Gasteiger partial charge in [0.2, 0.25) is 5.75 Å². The summed E-state index contributed by atoms with van der Waals surface area (Å²) >= 11 is 1.46. The summed E-state index contributed by atoms with van der Waals surface area (Å²) in [6.07, 6.45) is 1.93. The van der Waals surface area contributed by atoms with Gasteiger partial charge >= 0.3 is 5.97 Å². The number of ether oxygens (including phenoxy) is 4. The topological polar surface area (TPSA) is 78.4 Å². The van der Waals surface area contributed by atoms with Crippen LogP contribution in [0.15, 0.2) is 53.0 Å². The maximum Gasteiger partial charge on any atom is 0.338 e. The molecule has 0 fully saturated rings. The number of rotatable bonds is 7. The molecule has 0 aliphatic carbocycles. The maximum atomic E-state index is 13.1. The molecule has 0 saturated heterocycles. The quantitative estimate of drug-likeness (QED) is 0.648. The van der Waals surface area contributed by atoms with Crippen LogP contribution in [0.25, 0.3) is 5.70 Å². The van der Waals surface area contributed by atoms with Crippen molar-refractivity contribution in [3.05, 3.63) is 59.2 Å². The van der Waals surface area contributed by atoms with E-state index in [0.29, 0.717) is 33.7 Å². The van der Waals surface area contributed by atoms with E-state index in [1.807, 2.05) is 36.6 Å². The van der Waals surface area contributed by atoms with Crippen LogP contribution in [-0.4, -0.2) is 45.3 Å². The lowest BCUT2D eigenvalue weighted by Crippen LogP contribution is -2.30. The third-order valence-corrected chi connectivity index (χ3v) is 5.37. The molecule has 1 heterocycles. The van der Waals surface area contributed by atoms with Crippen LogP contribution >= 0.6 is 11.8 Å². The number of hydrogen-bond donors (Lipinski definition) is 1. The third-order valence-electron chi connectivity index (χ3n) is 4.78. The lowest BCUT2D eigenvalue weighted by Gasteiger charge is -2.28. The summed E-state index contributed by atoms with van der Waals surface area (Å²) in [7, 11) is 4.65. The number of amidine groups is 1. The first-order chi connectivity index (χ1) is 15.1. The van der Waals surface area contributed by atoms with Crippen LogP contribution in [0, 0.1) is 0 Å². The number of carbonyl (C=O) groups is 1. The second kappa shape index (κ2) is 10.3. The predicted octanol–water partition coefficient (Wildman–Crippen LogP) is 4.05. The Bertz CT molecular complexity index is 979. The average Bonchev–Trinajstić information content (AvgIpc) is 2.82. The van der Waals surface area contributed by atoms with Crippen LogP contribution in [0.1, 0.15) is 24.1 Å². The predicted molar refractivity (Wildman–Crippen MR) is 123 cm³/mol. The van der Waals surface area contributed by atoms with Crippen LogP contribution in [0.2, 0.25) is 0 Å². The van der Waals surface area contributed by atoms with E-state index in [9.17, 15) is 4.79 Å². The fourth-order valence-electron chi connectivity index (χ4n) is 3.38. The highest BCUT2D eigenvalue weighted by atomic mass is 32.2. The van der Waals surface area contributed by atoms with E-state index >= 15 is 0 Å². The number of nitrogens with zero attached hydrogens (tertiary/aromatic N) is 1. The molecule has 0 spiro atoms. The molecule has 0 saturated carbocycles. The van der Waals surface area contributed by atoms with E-state index in [2.05, 4.69) is 5.32 Å². The summed E-state index contributed by atoms with van der Waals surface area (Å²) in [5, 5.41) is 3.98. The second-order valence-corrected chi connectivity index (χ2v) is 7.29. The first kappa shape index (κ1) is 22.6. The van der Waals surface area contributed by atoms with E-state index in [0.717, 1.165) is 11.1 Å². The molecule has 0 bridgehead atoms. The van der Waals surface area contributed by atoms with Crippen LogP contribution in [0.5, 0.6) is 17.2 Å². The van der Waals surface area contributed by atoms with E-state index in [-0.39, 0.29) is 6.61 Å². The smallest absolute Gasteiger partial charge is 0.338 e. The van der Waals surface area contributed by atoms with E-state index in [1.165, 1.54) is 11.8 Å². The fourth-order valence-corrected chi connectivity index (χ4v) is 3.80. The van der Waals surface area contributed by atoms with Crippen LogP contribution in [0.3, 0.4) is 0 Å². The SMILES string of the molecule is CCOC(=O)C1=C(c2ccccc2)NC(SC)=NC1c1cc(OC)c(OC)c(OC)c1. The molecule has 1 unspecified atom stereocenters. The van der Waals surface area contributed by atoms with Crippen molar-refractivity contribution in [2.24, 2.45) is 4.99 Å². The molecule has 1 atom stereocenters. The van der Waals surface area contributed by atoms with Gasteiger partial charge in [-0.3, -0.25) is 0 Å². The zero-order valence-corrected chi connectivity index (χ0v) is 19.0. The lowest BCUT2D eigenvalue weighted by atomic mass is 9.93. The number of hydrogen-bond acceptors (Lipinski definition) is 8. The van der Waals surface area contributed by atoms with Crippen LogP contribution < -0.4 is 19.5 Å². The Hall–Kier alpha value is -3.13. The van der Waals surface area contributed by atoms with Crippen LogP contribution in [0.4, 0.5) is 0 Å². The normalized spacial score (nSPS) is 15.6. The number of carbonyl (C=O) groups excluding carboxylic acids is 1. The van der Waals surface area contributed by atoms with Crippen LogP contribution in [-0.2, 0) is 9.53 Å². The van der Waals surface area contributed by atoms with E-state index in [4.69, 9.17) is 23.9 Å². The molecule has 0 amide bonds. The Kier molecular flexibility index (Phi) is 7.46. The van der Waals surface area contributed by atoms with Crippen molar-refractivity contribution in [2.45, 2.75) is 13.0 Å². The molecule has 2 aromatic rings. The standard InChI is InChI=1S/C23H26N2O5S/c1-6-30-22(26)18-19(14-10-8-7-9-11-14)24-23(31-5)25-20(18)15-12-16(27-2)21(29-4)17(13-15)28-3/h7-13,20H,6H2,1-5H3,(H,24,25). The Morgan fingerprint density at radius 3 is 2.23 bits per heavy atom. The van der Waals surface area contributed by atoms with Crippen molar-refractivity contribution in [2.75, 3.05) is 34.2 Å². The molecule has 31 heavy (non-hydrogen) atoms. The minimum atomic E-state index is -0.619. The van der Waals surface area contributed by atoms with Crippen molar-refractivity contribution >= 4 is 28.6 Å². The number of esters is 1. The number of methoxy groups -OCH3 is 3. The molecule has 7 nitrogen and oxygen atoms in total. The summed E-state index contributed by atoms with van der Waals surface area (Å²) in [5.41, 5.74) is 2.67. The summed E-state index contributed by atoms with van der Waals surface area (Å²) in [6.45, 7) is 2.04. The third kappa shape index (κ3) is 4.64. The highest BCUT2D eigenvalue weighted by molar-refractivity contribution is 8.13. The molecule has 8 heteroatoms. The summed E-state index contributed by atoms with van der Waals surface area (Å²) < 4.78 is 21.9. The molecular formula is C23H26N2O5S. The molecule has 0 aromatic heterocycles. The van der Waals surface area contributed by atoms with Gasteiger partial charge in [0.15, 0.2) is 16.7 Å². The molecule has 1 aliphatic rings. The molecule has 3 rings (SSSR count). The monoisotopic (exact) mass is 442 g/mol. The lowest BCUT2D eigenvalue weighted by molar-refractivity contribution is -0.138. The van der Waals surface area contributed by atoms with Crippen molar-refractivity contribution in [1.82, 2.24) is 5.32 Å². The van der Waals surface area contributed by atoms with Gasteiger partial charge in [0, 0.05) is 0 Å². The zero-order valence-electron chi connectivity index (χ0n) is 18.2. The highest BCUT2D eigenvalue weighted by Crippen LogP contribution is 2.44. The first-order valence-corrected chi connectivity index (χ1v) is 11.0. The number of nitrogens with one attached hydrogen (secondary N) is 1. The van der Waals surface area contributed by atoms with Gasteiger partial charge in [-0.15, -0.1) is 0 Å². The Balaban J connectivity index is 2.26. The molecular weight excluding hydrogens is 416 g/mol. The number of aliphatic imine (C=N–C) groups is 1. The van der Waals surface area contributed by atoms with Crippen molar-refractivity contribution in [3.8, 4) is 17.2 Å². The molecule has 0 radical (unpaired) electrons. The summed E-state index contributed by atoms with van der Waals surface area (Å²) in [5.74, 6) is 1.01. The molecule has 164 valence electrons. The number of thioether (sulfide) groups is 1.